The second kappa shape index (κ2) is 5.81. The Balaban J connectivity index is 1.97. The summed E-state index contributed by atoms with van der Waals surface area (Å²) in [6.45, 7) is 9.27. The average molecular weight is 332 g/mol. The summed E-state index contributed by atoms with van der Waals surface area (Å²) in [5.74, 6) is 2.05. The number of benzene rings is 2. The fourth-order valence-electron chi connectivity index (χ4n) is 3.39. The first-order chi connectivity index (χ1) is 11.9. The van der Waals surface area contributed by atoms with Gasteiger partial charge in [-0.3, -0.25) is 14.9 Å². The van der Waals surface area contributed by atoms with Gasteiger partial charge in [0.05, 0.1) is 29.2 Å². The van der Waals surface area contributed by atoms with E-state index in [1.54, 1.807) is 0 Å². The fraction of sp³-hybridized carbons (Fsp3) is 0.333. The Morgan fingerprint density at radius 1 is 1.12 bits per heavy atom. The second-order valence-electron chi connectivity index (χ2n) is 7.72. The quantitative estimate of drug-likeness (QED) is 0.724. The topological polar surface area (TPSA) is 42.2 Å². The molecule has 1 N–H and O–H groups in total. The van der Waals surface area contributed by atoms with Crippen molar-refractivity contribution in [1.29, 1.82) is 0 Å². The van der Waals surface area contributed by atoms with Crippen LogP contribution in [0.5, 0.6) is 0 Å². The van der Waals surface area contributed by atoms with Gasteiger partial charge in [-0.25, -0.2) is 4.98 Å². The molecule has 0 saturated carbocycles. The third-order valence-electron chi connectivity index (χ3n) is 4.41. The molecule has 0 spiro atoms. The lowest BCUT2D eigenvalue weighted by atomic mass is 10.0. The van der Waals surface area contributed by atoms with Crippen molar-refractivity contribution in [3.05, 3.63) is 65.5 Å². The summed E-state index contributed by atoms with van der Waals surface area (Å²) >= 11 is 0. The Morgan fingerprint density at radius 2 is 1.88 bits per heavy atom. The molecule has 0 aliphatic carbocycles. The van der Waals surface area contributed by atoms with Crippen molar-refractivity contribution in [2.24, 2.45) is 4.99 Å². The molecule has 4 rings (SSSR count). The van der Waals surface area contributed by atoms with Crippen molar-refractivity contribution in [2.45, 2.75) is 45.8 Å². The minimum Gasteiger partial charge on any atom is -0.297 e. The standard InChI is InChI=1S/C21H24N4/c1-14-10-11-16-17(12-14)25-18(23-16)13-22-19(15-8-6-5-7-9-15)20(25)24-21(2,3)4/h5-12,19,22H,13H2,1-4H3. The van der Waals surface area contributed by atoms with Crippen molar-refractivity contribution in [2.75, 3.05) is 0 Å². The normalized spacial score (nSPS) is 19.4. The van der Waals surface area contributed by atoms with Crippen LogP contribution in [0.25, 0.3) is 11.0 Å². The Hall–Kier alpha value is -2.46. The van der Waals surface area contributed by atoms with Crippen LogP contribution in [-0.2, 0) is 6.54 Å². The summed E-state index contributed by atoms with van der Waals surface area (Å²) in [5, 5.41) is 3.63. The van der Waals surface area contributed by atoms with Gasteiger partial charge in [0.1, 0.15) is 11.7 Å². The number of hydrogen-bond donors (Lipinski definition) is 1. The van der Waals surface area contributed by atoms with E-state index in [4.69, 9.17) is 9.98 Å². The highest BCUT2D eigenvalue weighted by atomic mass is 15.2. The Bertz CT molecular complexity index is 945. The Morgan fingerprint density at radius 3 is 2.60 bits per heavy atom. The maximum absolute atomic E-state index is 5.10. The molecule has 0 radical (unpaired) electrons. The highest BCUT2D eigenvalue weighted by molar-refractivity contribution is 5.99. The van der Waals surface area contributed by atoms with E-state index in [9.17, 15) is 0 Å². The number of aromatic nitrogens is 2. The highest BCUT2D eigenvalue weighted by Gasteiger charge is 2.30. The van der Waals surface area contributed by atoms with Gasteiger partial charge >= 0.3 is 0 Å². The summed E-state index contributed by atoms with van der Waals surface area (Å²) in [6.07, 6.45) is 0. The predicted molar refractivity (Wildman–Crippen MR) is 103 cm³/mol. The molecule has 0 fully saturated rings. The van der Waals surface area contributed by atoms with E-state index in [2.05, 4.69) is 80.0 Å². The molecule has 3 aromatic rings. The number of aliphatic imine (C=N–C) groups is 1. The molecular formula is C21H24N4. The van der Waals surface area contributed by atoms with Gasteiger partial charge in [-0.1, -0.05) is 36.4 Å². The second-order valence-corrected chi connectivity index (χ2v) is 7.72. The maximum Gasteiger partial charge on any atom is 0.132 e. The number of nitrogens with one attached hydrogen (secondary N) is 1. The van der Waals surface area contributed by atoms with Gasteiger partial charge in [-0.05, 0) is 51.0 Å². The van der Waals surface area contributed by atoms with Gasteiger partial charge in [0.25, 0.3) is 0 Å². The highest BCUT2D eigenvalue weighted by Crippen LogP contribution is 2.28. The van der Waals surface area contributed by atoms with Gasteiger partial charge < -0.3 is 0 Å². The third-order valence-corrected chi connectivity index (χ3v) is 4.41. The lowest BCUT2D eigenvalue weighted by Crippen LogP contribution is -2.40. The van der Waals surface area contributed by atoms with Crippen LogP contribution < -0.4 is 5.32 Å². The van der Waals surface area contributed by atoms with Gasteiger partial charge in [-0.2, -0.15) is 0 Å². The predicted octanol–water partition coefficient (Wildman–Crippen LogP) is 4.23. The van der Waals surface area contributed by atoms with E-state index in [1.165, 1.54) is 11.1 Å². The number of fused-ring (bicyclic) bond motifs is 3. The number of nitrogens with zero attached hydrogens (tertiary/aromatic N) is 3. The van der Waals surface area contributed by atoms with E-state index in [0.29, 0.717) is 0 Å². The monoisotopic (exact) mass is 332 g/mol. The summed E-state index contributed by atoms with van der Waals surface area (Å²) < 4.78 is 2.25. The van der Waals surface area contributed by atoms with Gasteiger partial charge in [0, 0.05) is 0 Å². The molecule has 1 aromatic heterocycles. The van der Waals surface area contributed by atoms with Crippen LogP contribution in [0.15, 0.2) is 53.5 Å². The molecule has 1 aliphatic rings. The number of hydrogen-bond acceptors (Lipinski definition) is 3. The molecule has 0 amide bonds. The lowest BCUT2D eigenvalue weighted by molar-refractivity contribution is 0.536. The van der Waals surface area contributed by atoms with Gasteiger partial charge in [0.2, 0.25) is 0 Å². The summed E-state index contributed by atoms with van der Waals surface area (Å²) in [4.78, 5) is 9.92. The van der Waals surface area contributed by atoms with Crippen molar-refractivity contribution in [1.82, 2.24) is 14.9 Å². The van der Waals surface area contributed by atoms with Crippen molar-refractivity contribution < 1.29 is 0 Å². The van der Waals surface area contributed by atoms with Crippen LogP contribution in [0.1, 0.15) is 43.8 Å². The molecule has 1 atom stereocenters. The van der Waals surface area contributed by atoms with Crippen LogP contribution in [0.2, 0.25) is 0 Å². The molecule has 2 aromatic carbocycles. The molecule has 1 aliphatic heterocycles. The molecule has 2 heterocycles. The first-order valence-electron chi connectivity index (χ1n) is 8.79. The van der Waals surface area contributed by atoms with E-state index in [-0.39, 0.29) is 11.6 Å². The van der Waals surface area contributed by atoms with E-state index in [0.717, 1.165) is 29.2 Å². The van der Waals surface area contributed by atoms with Crippen LogP contribution in [0.3, 0.4) is 0 Å². The van der Waals surface area contributed by atoms with Crippen LogP contribution in [0, 0.1) is 6.92 Å². The Labute approximate surface area is 148 Å². The zero-order valence-electron chi connectivity index (χ0n) is 15.2. The van der Waals surface area contributed by atoms with Gasteiger partial charge in [-0.15, -0.1) is 0 Å². The molecule has 4 heteroatoms. The van der Waals surface area contributed by atoms with E-state index < -0.39 is 0 Å². The fourth-order valence-corrected chi connectivity index (χ4v) is 3.39. The molecule has 128 valence electrons. The maximum atomic E-state index is 5.10. The summed E-state index contributed by atoms with van der Waals surface area (Å²) in [6, 6.07) is 17.0. The average Bonchev–Trinajstić information content (AvgIpc) is 2.93. The third kappa shape index (κ3) is 2.98. The molecule has 1 unspecified atom stereocenters. The number of imidazole rings is 1. The number of aryl methyl sites for hydroxylation is 1. The zero-order chi connectivity index (χ0) is 17.6. The Kier molecular flexibility index (Phi) is 3.73. The SMILES string of the molecule is Cc1ccc2nc3n(c2c1)C(=NC(C)(C)C)C(c1ccccc1)NC3. The minimum atomic E-state index is -0.168. The van der Waals surface area contributed by atoms with Crippen molar-refractivity contribution in [3.63, 3.8) is 0 Å². The lowest BCUT2D eigenvalue weighted by Gasteiger charge is -2.30. The minimum absolute atomic E-state index is 0.0610. The smallest absolute Gasteiger partial charge is 0.132 e. The van der Waals surface area contributed by atoms with Crippen molar-refractivity contribution in [3.8, 4) is 0 Å². The molecular weight excluding hydrogens is 308 g/mol. The largest absolute Gasteiger partial charge is 0.297 e. The number of rotatable bonds is 1. The first-order valence-corrected chi connectivity index (χ1v) is 8.79. The molecule has 4 nitrogen and oxygen atoms in total. The van der Waals surface area contributed by atoms with Crippen LogP contribution in [-0.4, -0.2) is 20.9 Å². The van der Waals surface area contributed by atoms with E-state index >= 15 is 0 Å². The van der Waals surface area contributed by atoms with Crippen LogP contribution in [0.4, 0.5) is 0 Å². The molecule has 0 bridgehead atoms. The van der Waals surface area contributed by atoms with E-state index in [1.807, 2.05) is 6.07 Å². The molecule has 0 saturated heterocycles. The molecule has 25 heavy (non-hydrogen) atoms. The summed E-state index contributed by atoms with van der Waals surface area (Å²) in [7, 11) is 0. The zero-order valence-corrected chi connectivity index (χ0v) is 15.2. The van der Waals surface area contributed by atoms with Crippen LogP contribution >= 0.6 is 0 Å². The summed E-state index contributed by atoms with van der Waals surface area (Å²) in [5.41, 5.74) is 4.46. The van der Waals surface area contributed by atoms with Gasteiger partial charge in [0.15, 0.2) is 0 Å². The van der Waals surface area contributed by atoms with Crippen molar-refractivity contribution >= 4 is 16.9 Å². The first kappa shape index (κ1) is 16.0.